The molecule has 1 unspecified atom stereocenters. The van der Waals surface area contributed by atoms with E-state index in [1.54, 1.807) is 0 Å². The normalized spacial score (nSPS) is 14.3. The molecule has 0 fully saturated rings. The van der Waals surface area contributed by atoms with E-state index in [2.05, 4.69) is 0 Å². The lowest BCUT2D eigenvalue weighted by molar-refractivity contribution is -0.141. The van der Waals surface area contributed by atoms with Gasteiger partial charge in [-0.3, -0.25) is 4.79 Å². The highest BCUT2D eigenvalue weighted by Gasteiger charge is 2.39. The van der Waals surface area contributed by atoms with Crippen molar-refractivity contribution in [3.63, 3.8) is 0 Å². The molecule has 0 bridgehead atoms. The molecule has 1 atom stereocenters. The molecule has 0 N–H and O–H groups in total. The second-order valence-electron chi connectivity index (χ2n) is 3.74. The van der Waals surface area contributed by atoms with Crippen molar-refractivity contribution in [3.8, 4) is 0 Å². The maximum absolute atomic E-state index is 12.6. The van der Waals surface area contributed by atoms with Gasteiger partial charge in [0.05, 0.1) is 16.5 Å². The number of hydrogen-bond donors (Lipinski definition) is 0. The third kappa shape index (κ3) is 3.62. The summed E-state index contributed by atoms with van der Waals surface area (Å²) in [5.74, 6) is -1.21. The molecule has 1 aromatic carbocycles. The summed E-state index contributed by atoms with van der Waals surface area (Å²) in [6.45, 7) is 1.09. The van der Waals surface area contributed by atoms with Gasteiger partial charge in [-0.1, -0.05) is 0 Å². The molecule has 0 spiro atoms. The van der Waals surface area contributed by atoms with E-state index in [4.69, 9.17) is 11.6 Å². The van der Waals surface area contributed by atoms with Gasteiger partial charge in [-0.25, -0.2) is 0 Å². The van der Waals surface area contributed by atoms with Crippen LogP contribution >= 0.6 is 11.6 Å². The molecule has 0 saturated carbocycles. The van der Waals surface area contributed by atoms with Crippen LogP contribution in [0.3, 0.4) is 0 Å². The summed E-state index contributed by atoms with van der Waals surface area (Å²) < 4.78 is 75.2. The monoisotopic (exact) mass is 304 g/mol. The van der Waals surface area contributed by atoms with Gasteiger partial charge in [0, 0.05) is 5.56 Å². The Balaban J connectivity index is 3.48. The summed E-state index contributed by atoms with van der Waals surface area (Å²) in [6.07, 6.45) is -9.77. The molecule has 0 saturated heterocycles. The summed E-state index contributed by atoms with van der Waals surface area (Å²) in [4.78, 5) is 11.5. The minimum Gasteiger partial charge on any atom is -0.293 e. The number of ketones is 1. The Morgan fingerprint density at radius 2 is 1.63 bits per heavy atom. The molecular weight excluding hydrogens is 298 g/mol. The van der Waals surface area contributed by atoms with Crippen molar-refractivity contribution >= 4 is 17.4 Å². The van der Waals surface area contributed by atoms with E-state index in [1.807, 2.05) is 0 Å². The number of hydrogen-bond acceptors (Lipinski definition) is 1. The van der Waals surface area contributed by atoms with Crippen LogP contribution in [0.4, 0.5) is 26.3 Å². The average molecular weight is 305 g/mol. The lowest BCUT2D eigenvalue weighted by Crippen LogP contribution is -2.19. The van der Waals surface area contributed by atoms with Crippen LogP contribution in [0.2, 0.25) is 0 Å². The van der Waals surface area contributed by atoms with Crippen LogP contribution in [0.5, 0.6) is 0 Å². The molecule has 0 aliphatic heterocycles. The first kappa shape index (κ1) is 15.8. The fraction of sp³-hybridized carbons (Fsp3) is 0.364. The predicted molar refractivity (Wildman–Crippen MR) is 56.1 cm³/mol. The second kappa shape index (κ2) is 5.03. The minimum atomic E-state index is -4.93. The highest BCUT2D eigenvalue weighted by Crippen LogP contribution is 2.37. The molecule has 0 aliphatic carbocycles. The third-order valence-electron chi connectivity index (χ3n) is 2.28. The number of benzene rings is 1. The van der Waals surface area contributed by atoms with Crippen molar-refractivity contribution in [2.45, 2.75) is 24.7 Å². The van der Waals surface area contributed by atoms with Gasteiger partial charge >= 0.3 is 12.4 Å². The van der Waals surface area contributed by atoms with Crippen molar-refractivity contribution < 1.29 is 31.1 Å². The van der Waals surface area contributed by atoms with Crippen molar-refractivity contribution in [2.24, 2.45) is 0 Å². The van der Waals surface area contributed by atoms with Crippen LogP contribution in [0.25, 0.3) is 0 Å². The maximum atomic E-state index is 12.6. The fourth-order valence-corrected chi connectivity index (χ4v) is 1.50. The maximum Gasteiger partial charge on any atom is 0.417 e. The van der Waals surface area contributed by atoms with Gasteiger partial charge in [0.2, 0.25) is 0 Å². The van der Waals surface area contributed by atoms with E-state index in [0.717, 1.165) is 6.92 Å². The zero-order chi connectivity index (χ0) is 15.0. The van der Waals surface area contributed by atoms with Crippen molar-refractivity contribution in [1.82, 2.24) is 0 Å². The van der Waals surface area contributed by atoms with Crippen molar-refractivity contribution in [2.75, 3.05) is 0 Å². The van der Waals surface area contributed by atoms with E-state index in [0.29, 0.717) is 0 Å². The predicted octanol–water partition coefficient (Wildman–Crippen LogP) is 4.53. The van der Waals surface area contributed by atoms with E-state index in [-0.39, 0.29) is 18.2 Å². The van der Waals surface area contributed by atoms with Gasteiger partial charge < -0.3 is 0 Å². The quantitative estimate of drug-likeness (QED) is 0.445. The van der Waals surface area contributed by atoms with E-state index < -0.39 is 40.2 Å². The zero-order valence-corrected chi connectivity index (χ0v) is 10.1. The standard InChI is InChI=1S/C11H7ClF6O/c1-5(12)9(19)7-4-6(10(13,14)15)2-3-8(7)11(16,17)18/h2-5H,1H3. The number of rotatable bonds is 2. The van der Waals surface area contributed by atoms with Crippen LogP contribution < -0.4 is 0 Å². The first-order chi connectivity index (χ1) is 8.44. The number of alkyl halides is 7. The molecule has 1 aromatic rings. The van der Waals surface area contributed by atoms with E-state index in [1.165, 1.54) is 0 Å². The van der Waals surface area contributed by atoms with Gasteiger partial charge in [-0.15, -0.1) is 11.6 Å². The van der Waals surface area contributed by atoms with Gasteiger partial charge in [-0.2, -0.15) is 26.3 Å². The van der Waals surface area contributed by atoms with Crippen molar-refractivity contribution in [1.29, 1.82) is 0 Å². The number of halogens is 7. The fourth-order valence-electron chi connectivity index (χ4n) is 1.39. The summed E-state index contributed by atoms with van der Waals surface area (Å²) >= 11 is 5.35. The first-order valence-electron chi connectivity index (χ1n) is 4.91. The average Bonchev–Trinajstić information content (AvgIpc) is 2.24. The lowest BCUT2D eigenvalue weighted by atomic mass is 9.98. The third-order valence-corrected chi connectivity index (χ3v) is 2.48. The van der Waals surface area contributed by atoms with Gasteiger partial charge in [0.1, 0.15) is 0 Å². The topological polar surface area (TPSA) is 17.1 Å². The Kier molecular flexibility index (Phi) is 4.19. The Morgan fingerprint density at radius 3 is 2.00 bits per heavy atom. The first-order valence-corrected chi connectivity index (χ1v) is 5.35. The Bertz CT molecular complexity index is 489. The molecule has 106 valence electrons. The number of Topliss-reactive ketones (excluding diaryl/α,β-unsaturated/α-hetero) is 1. The molecule has 1 rings (SSSR count). The lowest BCUT2D eigenvalue weighted by Gasteiger charge is -2.15. The number of carbonyl (C=O) groups is 1. The SMILES string of the molecule is CC(Cl)C(=O)c1cc(C(F)(F)F)ccc1C(F)(F)F. The van der Waals surface area contributed by atoms with Crippen LogP contribution in [0, 0.1) is 0 Å². The molecule has 0 aliphatic rings. The van der Waals surface area contributed by atoms with Gasteiger partial charge in [0.25, 0.3) is 0 Å². The largest absolute Gasteiger partial charge is 0.417 e. The van der Waals surface area contributed by atoms with Gasteiger partial charge in [0.15, 0.2) is 5.78 Å². The summed E-state index contributed by atoms with van der Waals surface area (Å²) in [7, 11) is 0. The Labute approximate surface area is 109 Å². The molecule has 1 nitrogen and oxygen atoms in total. The summed E-state index contributed by atoms with van der Waals surface area (Å²) in [6, 6.07) is 0.678. The van der Waals surface area contributed by atoms with Gasteiger partial charge in [-0.05, 0) is 25.1 Å². The highest BCUT2D eigenvalue weighted by molar-refractivity contribution is 6.33. The van der Waals surface area contributed by atoms with E-state index >= 15 is 0 Å². The molecule has 0 amide bonds. The smallest absolute Gasteiger partial charge is 0.293 e. The molecule has 0 heterocycles. The van der Waals surface area contributed by atoms with E-state index in [9.17, 15) is 31.1 Å². The molecule has 19 heavy (non-hydrogen) atoms. The van der Waals surface area contributed by atoms with Crippen LogP contribution in [0.15, 0.2) is 18.2 Å². The zero-order valence-electron chi connectivity index (χ0n) is 9.36. The highest BCUT2D eigenvalue weighted by atomic mass is 35.5. The van der Waals surface area contributed by atoms with Crippen LogP contribution in [0.1, 0.15) is 28.4 Å². The number of carbonyl (C=O) groups excluding carboxylic acids is 1. The Morgan fingerprint density at radius 1 is 1.11 bits per heavy atom. The van der Waals surface area contributed by atoms with Crippen molar-refractivity contribution in [3.05, 3.63) is 34.9 Å². The summed E-state index contributed by atoms with van der Waals surface area (Å²) in [5.41, 5.74) is -3.84. The molecule has 0 aromatic heterocycles. The summed E-state index contributed by atoms with van der Waals surface area (Å²) in [5, 5.41) is -1.36. The van der Waals surface area contributed by atoms with Crippen LogP contribution in [-0.4, -0.2) is 11.2 Å². The Hall–Kier alpha value is -1.24. The second-order valence-corrected chi connectivity index (χ2v) is 4.39. The molecular formula is C11H7ClF6O. The molecule has 0 radical (unpaired) electrons. The van der Waals surface area contributed by atoms with Crippen LogP contribution in [-0.2, 0) is 12.4 Å². The molecule has 8 heteroatoms. The minimum absolute atomic E-state index is 0.171.